The summed E-state index contributed by atoms with van der Waals surface area (Å²) in [6, 6.07) is 9.74. The van der Waals surface area contributed by atoms with Crippen LogP contribution in [0.4, 0.5) is 0 Å². The molecule has 1 heterocycles. The molecule has 1 heteroatoms. The lowest BCUT2D eigenvalue weighted by molar-refractivity contribution is 0.397. The molecule has 1 aromatic rings. The van der Waals surface area contributed by atoms with Crippen molar-refractivity contribution in [3.8, 4) is 0 Å². The second kappa shape index (κ2) is 3.89. The predicted molar refractivity (Wildman–Crippen MR) is 67.8 cm³/mol. The molecule has 3 rings (SSSR count). The highest BCUT2D eigenvalue weighted by Crippen LogP contribution is 2.43. The summed E-state index contributed by atoms with van der Waals surface area (Å²) in [5.41, 5.74) is 3.69. The lowest BCUT2D eigenvalue weighted by atomic mass is 9.77. The van der Waals surface area contributed by atoms with E-state index in [9.17, 15) is 0 Å². The molecule has 0 bridgehead atoms. The van der Waals surface area contributed by atoms with E-state index in [1.54, 1.807) is 11.1 Å². The number of rotatable bonds is 0. The lowest BCUT2D eigenvalue weighted by Gasteiger charge is -2.30. The number of nitrogens with one attached hydrogen (secondary N) is 1. The summed E-state index contributed by atoms with van der Waals surface area (Å²) in [4.78, 5) is 0. The minimum absolute atomic E-state index is 0.460. The summed E-state index contributed by atoms with van der Waals surface area (Å²) in [5, 5.41) is 3.72. The van der Waals surface area contributed by atoms with Gasteiger partial charge in [0, 0.05) is 18.0 Å². The minimum Gasteiger partial charge on any atom is -0.313 e. The van der Waals surface area contributed by atoms with Crippen molar-refractivity contribution in [1.29, 1.82) is 0 Å². The maximum absolute atomic E-state index is 3.72. The van der Waals surface area contributed by atoms with E-state index in [2.05, 4.69) is 36.5 Å². The van der Waals surface area contributed by atoms with Gasteiger partial charge in [-0.2, -0.15) is 0 Å². The molecule has 1 aromatic carbocycles. The van der Waals surface area contributed by atoms with Crippen LogP contribution in [0, 0.1) is 0 Å². The van der Waals surface area contributed by atoms with Crippen molar-refractivity contribution in [3.05, 3.63) is 35.4 Å². The minimum atomic E-state index is 0.460. The molecule has 1 aliphatic heterocycles. The summed E-state index contributed by atoms with van der Waals surface area (Å²) in [6.45, 7) is 3.50. The van der Waals surface area contributed by atoms with Gasteiger partial charge in [-0.25, -0.2) is 0 Å². The van der Waals surface area contributed by atoms with Crippen LogP contribution in [0.3, 0.4) is 0 Å². The predicted octanol–water partition coefficient (Wildman–Crippen LogP) is 3.03. The molecular weight excluding hydrogens is 194 g/mol. The van der Waals surface area contributed by atoms with E-state index in [0.717, 1.165) is 0 Å². The third kappa shape index (κ3) is 1.58. The van der Waals surface area contributed by atoms with Gasteiger partial charge in [0.05, 0.1) is 0 Å². The Balaban J connectivity index is 2.08. The van der Waals surface area contributed by atoms with Crippen LogP contribution in [-0.2, 0) is 11.8 Å². The summed E-state index contributed by atoms with van der Waals surface area (Å²) in [6.07, 6.45) is 6.76. The third-order valence-electron chi connectivity index (χ3n) is 4.46. The zero-order chi connectivity index (χ0) is 11.0. The average Bonchev–Trinajstić information content (AvgIpc) is 2.71. The highest BCUT2D eigenvalue weighted by atomic mass is 14.9. The van der Waals surface area contributed by atoms with Crippen molar-refractivity contribution >= 4 is 0 Å². The van der Waals surface area contributed by atoms with Crippen LogP contribution in [0.1, 0.15) is 43.7 Å². The quantitative estimate of drug-likeness (QED) is 0.701. The molecular formula is C15H21N. The normalized spacial score (nSPS) is 27.7. The Morgan fingerprint density at radius 3 is 2.75 bits per heavy atom. The van der Waals surface area contributed by atoms with Crippen molar-refractivity contribution in [3.63, 3.8) is 0 Å². The van der Waals surface area contributed by atoms with Crippen LogP contribution >= 0.6 is 0 Å². The van der Waals surface area contributed by atoms with Gasteiger partial charge in [0.15, 0.2) is 0 Å². The zero-order valence-corrected chi connectivity index (χ0v) is 10.1. The van der Waals surface area contributed by atoms with E-state index in [4.69, 9.17) is 0 Å². The number of hydrogen-bond acceptors (Lipinski definition) is 1. The van der Waals surface area contributed by atoms with Gasteiger partial charge in [0.1, 0.15) is 0 Å². The summed E-state index contributed by atoms with van der Waals surface area (Å²) >= 11 is 0. The van der Waals surface area contributed by atoms with Crippen LogP contribution in [0.15, 0.2) is 24.3 Å². The summed E-state index contributed by atoms with van der Waals surface area (Å²) < 4.78 is 0. The molecule has 0 aromatic heterocycles. The van der Waals surface area contributed by atoms with Crippen LogP contribution in [0.5, 0.6) is 0 Å². The third-order valence-corrected chi connectivity index (χ3v) is 4.46. The average molecular weight is 215 g/mol. The molecule has 0 amide bonds. The first kappa shape index (κ1) is 10.3. The molecule has 1 fully saturated rings. The Morgan fingerprint density at radius 1 is 1.19 bits per heavy atom. The van der Waals surface area contributed by atoms with Crippen molar-refractivity contribution in [2.45, 2.75) is 50.5 Å². The Labute approximate surface area is 98.3 Å². The molecule has 1 saturated carbocycles. The summed E-state index contributed by atoms with van der Waals surface area (Å²) in [5.74, 6) is 0. The Bertz CT molecular complexity index is 377. The highest BCUT2D eigenvalue weighted by molar-refractivity contribution is 5.37. The first-order valence-electron chi connectivity index (χ1n) is 6.62. The fourth-order valence-corrected chi connectivity index (χ4v) is 3.58. The van der Waals surface area contributed by atoms with E-state index in [-0.39, 0.29) is 0 Å². The van der Waals surface area contributed by atoms with Gasteiger partial charge >= 0.3 is 0 Å². The molecule has 0 radical (unpaired) electrons. The van der Waals surface area contributed by atoms with Crippen LogP contribution in [-0.4, -0.2) is 12.6 Å². The molecule has 86 valence electrons. The lowest BCUT2D eigenvalue weighted by Crippen LogP contribution is -2.37. The van der Waals surface area contributed by atoms with Crippen molar-refractivity contribution < 1.29 is 0 Å². The number of fused-ring (bicyclic) bond motifs is 2. The molecule has 0 saturated heterocycles. The standard InChI is InChI=1S/C15H21N/c1-12-10-13-6-2-3-7-14(13)15(11-16-12)8-4-5-9-15/h2-3,6-7,12,16H,4-5,8-11H2,1H3/t12-/m0/s1. The van der Waals surface area contributed by atoms with Gasteiger partial charge in [-0.05, 0) is 37.3 Å². The van der Waals surface area contributed by atoms with E-state index in [1.165, 1.54) is 38.6 Å². The van der Waals surface area contributed by atoms with Gasteiger partial charge in [-0.1, -0.05) is 37.1 Å². The molecule has 1 atom stereocenters. The summed E-state index contributed by atoms with van der Waals surface area (Å²) in [7, 11) is 0. The fourth-order valence-electron chi connectivity index (χ4n) is 3.58. The van der Waals surface area contributed by atoms with Gasteiger partial charge < -0.3 is 5.32 Å². The smallest absolute Gasteiger partial charge is 0.00806 e. The van der Waals surface area contributed by atoms with E-state index in [0.29, 0.717) is 11.5 Å². The first-order valence-corrected chi connectivity index (χ1v) is 6.62. The maximum Gasteiger partial charge on any atom is 0.00806 e. The second-order valence-corrected chi connectivity index (χ2v) is 5.63. The largest absolute Gasteiger partial charge is 0.313 e. The van der Waals surface area contributed by atoms with Crippen LogP contribution < -0.4 is 5.32 Å². The number of hydrogen-bond donors (Lipinski definition) is 1. The molecule has 0 unspecified atom stereocenters. The molecule has 1 spiro atoms. The maximum atomic E-state index is 3.72. The first-order chi connectivity index (χ1) is 7.80. The van der Waals surface area contributed by atoms with Crippen LogP contribution in [0.2, 0.25) is 0 Å². The molecule has 1 nitrogen and oxygen atoms in total. The van der Waals surface area contributed by atoms with Gasteiger partial charge in [0.25, 0.3) is 0 Å². The highest BCUT2D eigenvalue weighted by Gasteiger charge is 2.38. The van der Waals surface area contributed by atoms with Gasteiger partial charge in [0.2, 0.25) is 0 Å². The van der Waals surface area contributed by atoms with E-state index in [1.807, 2.05) is 0 Å². The molecule has 16 heavy (non-hydrogen) atoms. The molecule has 2 aliphatic rings. The molecule has 1 N–H and O–H groups in total. The SMILES string of the molecule is C[C@H]1Cc2ccccc2C2(CCCC2)CN1. The fraction of sp³-hybridized carbons (Fsp3) is 0.600. The Hall–Kier alpha value is -0.820. The van der Waals surface area contributed by atoms with Crippen molar-refractivity contribution in [2.75, 3.05) is 6.54 Å². The van der Waals surface area contributed by atoms with E-state index < -0.39 is 0 Å². The van der Waals surface area contributed by atoms with Gasteiger partial charge in [-0.15, -0.1) is 0 Å². The molecule has 1 aliphatic carbocycles. The van der Waals surface area contributed by atoms with Crippen molar-refractivity contribution in [1.82, 2.24) is 5.32 Å². The monoisotopic (exact) mass is 215 g/mol. The zero-order valence-electron chi connectivity index (χ0n) is 10.1. The van der Waals surface area contributed by atoms with Crippen LogP contribution in [0.25, 0.3) is 0 Å². The van der Waals surface area contributed by atoms with Crippen molar-refractivity contribution in [2.24, 2.45) is 0 Å². The van der Waals surface area contributed by atoms with E-state index >= 15 is 0 Å². The number of benzene rings is 1. The Morgan fingerprint density at radius 2 is 1.94 bits per heavy atom. The van der Waals surface area contributed by atoms with Gasteiger partial charge in [-0.3, -0.25) is 0 Å². The second-order valence-electron chi connectivity index (χ2n) is 5.63. The Kier molecular flexibility index (Phi) is 2.51. The topological polar surface area (TPSA) is 12.0 Å².